The molecule has 1 aromatic heterocycles. The third-order valence-corrected chi connectivity index (χ3v) is 6.25. The van der Waals surface area contributed by atoms with E-state index in [-0.39, 0.29) is 11.5 Å². The van der Waals surface area contributed by atoms with Gasteiger partial charge in [-0.25, -0.2) is 0 Å². The Balaban J connectivity index is 1.42. The van der Waals surface area contributed by atoms with Gasteiger partial charge in [-0.1, -0.05) is 0 Å². The van der Waals surface area contributed by atoms with E-state index in [0.29, 0.717) is 56.6 Å². The summed E-state index contributed by atoms with van der Waals surface area (Å²) in [6, 6.07) is 1.48. The van der Waals surface area contributed by atoms with Gasteiger partial charge in [0.2, 0.25) is 0 Å². The number of hydrogen-bond donors (Lipinski definition) is 1. The summed E-state index contributed by atoms with van der Waals surface area (Å²) in [5.41, 5.74) is 1.13. The molecule has 8 heteroatoms. The van der Waals surface area contributed by atoms with Gasteiger partial charge in [0.1, 0.15) is 11.3 Å². The average Bonchev–Trinajstić information content (AvgIpc) is 3.58. The molecule has 0 bridgehead atoms. The second kappa shape index (κ2) is 9.94. The molecule has 0 radical (unpaired) electrons. The van der Waals surface area contributed by atoms with Gasteiger partial charge < -0.3 is 29.2 Å². The second-order valence-corrected chi connectivity index (χ2v) is 8.69. The summed E-state index contributed by atoms with van der Waals surface area (Å²) in [7, 11) is 2.15. The molecule has 30 heavy (non-hydrogen) atoms. The van der Waals surface area contributed by atoms with Crippen LogP contribution >= 0.6 is 0 Å². The number of likely N-dealkylation sites (N-methyl/N-ethyl adjacent to an activating group) is 1. The molecule has 0 atom stereocenters. The lowest BCUT2D eigenvalue weighted by atomic mass is 10.1. The summed E-state index contributed by atoms with van der Waals surface area (Å²) < 4.78 is 13.2. The number of carbonyl (C=O) groups excluding carboxylic acids is 1. The molecule has 2 fully saturated rings. The lowest BCUT2D eigenvalue weighted by molar-refractivity contribution is 0.0942. The first kappa shape index (κ1) is 21.3. The Hall–Kier alpha value is -1.90. The standard InChI is InChI=1S/C22H34N4O4/c1-24-8-10-25(11-9-24)7-2-6-23-22(28)21-18-5-13-29-14-12-26(18)20(27)15-19(21)30-16-17-3-4-17/h15,17H,2-14,16H2,1H3,(H,23,28). The molecule has 1 aliphatic carbocycles. The van der Waals surface area contributed by atoms with Crippen molar-refractivity contribution in [1.82, 2.24) is 19.7 Å². The first-order chi connectivity index (χ1) is 14.6. The normalized spacial score (nSPS) is 20.4. The van der Waals surface area contributed by atoms with Crippen molar-refractivity contribution in [2.45, 2.75) is 32.2 Å². The topological polar surface area (TPSA) is 76.0 Å². The number of pyridine rings is 1. The zero-order chi connectivity index (χ0) is 20.9. The molecule has 0 unspecified atom stereocenters. The summed E-state index contributed by atoms with van der Waals surface area (Å²) in [5.74, 6) is 0.829. The fourth-order valence-electron chi connectivity index (χ4n) is 4.12. The van der Waals surface area contributed by atoms with Crippen molar-refractivity contribution in [3.05, 3.63) is 27.7 Å². The number of piperazine rings is 1. The van der Waals surface area contributed by atoms with Gasteiger partial charge in [-0.05, 0) is 38.8 Å². The number of carbonyl (C=O) groups is 1. The molecule has 1 saturated heterocycles. The molecule has 3 aliphatic rings. The Bertz CT molecular complexity index is 797. The van der Waals surface area contributed by atoms with Gasteiger partial charge in [-0.2, -0.15) is 0 Å². The van der Waals surface area contributed by atoms with Crippen molar-refractivity contribution in [1.29, 1.82) is 0 Å². The van der Waals surface area contributed by atoms with E-state index in [2.05, 4.69) is 22.2 Å². The molecule has 3 heterocycles. The van der Waals surface area contributed by atoms with Gasteiger partial charge in [0, 0.05) is 57.4 Å². The Labute approximate surface area is 178 Å². The highest BCUT2D eigenvalue weighted by Crippen LogP contribution is 2.31. The first-order valence-corrected chi connectivity index (χ1v) is 11.3. The van der Waals surface area contributed by atoms with Gasteiger partial charge >= 0.3 is 0 Å². The van der Waals surface area contributed by atoms with Gasteiger partial charge in [-0.15, -0.1) is 0 Å². The number of amides is 1. The van der Waals surface area contributed by atoms with Crippen LogP contribution in [0.5, 0.6) is 5.75 Å². The fraction of sp³-hybridized carbons (Fsp3) is 0.727. The predicted octanol–water partition coefficient (Wildman–Crippen LogP) is 0.577. The quantitative estimate of drug-likeness (QED) is 0.623. The molecule has 1 aromatic rings. The highest BCUT2D eigenvalue weighted by molar-refractivity contribution is 5.98. The molecule has 1 saturated carbocycles. The highest BCUT2D eigenvalue weighted by Gasteiger charge is 2.27. The van der Waals surface area contributed by atoms with Gasteiger partial charge in [0.25, 0.3) is 11.5 Å². The molecule has 166 valence electrons. The Morgan fingerprint density at radius 3 is 2.77 bits per heavy atom. The van der Waals surface area contributed by atoms with Crippen molar-refractivity contribution < 1.29 is 14.3 Å². The third kappa shape index (κ3) is 5.42. The molecule has 1 amide bonds. The summed E-state index contributed by atoms with van der Waals surface area (Å²) >= 11 is 0. The number of hydrogen-bond acceptors (Lipinski definition) is 6. The average molecular weight is 419 g/mol. The Kier molecular flexibility index (Phi) is 7.07. The zero-order valence-electron chi connectivity index (χ0n) is 18.0. The molecule has 8 nitrogen and oxygen atoms in total. The van der Waals surface area contributed by atoms with E-state index in [1.54, 1.807) is 4.57 Å². The van der Waals surface area contributed by atoms with E-state index in [0.717, 1.165) is 57.7 Å². The van der Waals surface area contributed by atoms with Crippen LogP contribution in [0.3, 0.4) is 0 Å². The number of rotatable bonds is 8. The van der Waals surface area contributed by atoms with Crippen molar-refractivity contribution in [2.75, 3.05) is 66.1 Å². The minimum Gasteiger partial charge on any atom is -0.492 e. The minimum absolute atomic E-state index is 0.118. The van der Waals surface area contributed by atoms with Crippen molar-refractivity contribution in [3.63, 3.8) is 0 Å². The Morgan fingerprint density at radius 1 is 1.20 bits per heavy atom. The van der Waals surface area contributed by atoms with E-state index >= 15 is 0 Å². The van der Waals surface area contributed by atoms with Crippen LogP contribution < -0.4 is 15.6 Å². The smallest absolute Gasteiger partial charge is 0.256 e. The van der Waals surface area contributed by atoms with Crippen LogP contribution in [0.1, 0.15) is 35.3 Å². The maximum absolute atomic E-state index is 13.1. The fourth-order valence-corrected chi connectivity index (χ4v) is 4.12. The summed E-state index contributed by atoms with van der Waals surface area (Å²) in [6.07, 6.45) is 3.77. The summed E-state index contributed by atoms with van der Waals surface area (Å²) in [6.45, 7) is 8.00. The van der Waals surface area contributed by atoms with Gasteiger partial charge in [0.15, 0.2) is 0 Å². The highest BCUT2D eigenvalue weighted by atomic mass is 16.5. The lowest BCUT2D eigenvalue weighted by Gasteiger charge is -2.32. The molecule has 0 aromatic carbocycles. The zero-order valence-corrected chi connectivity index (χ0v) is 18.0. The molecule has 4 rings (SSSR count). The van der Waals surface area contributed by atoms with Crippen LogP contribution in [0.25, 0.3) is 0 Å². The number of nitrogens with one attached hydrogen (secondary N) is 1. The van der Waals surface area contributed by atoms with Crippen molar-refractivity contribution >= 4 is 5.91 Å². The van der Waals surface area contributed by atoms with Crippen LogP contribution in [0.2, 0.25) is 0 Å². The molecule has 2 aliphatic heterocycles. The third-order valence-electron chi connectivity index (χ3n) is 6.25. The molecular formula is C22H34N4O4. The van der Waals surface area contributed by atoms with Crippen LogP contribution in [0.15, 0.2) is 10.9 Å². The molecular weight excluding hydrogens is 384 g/mol. The molecule has 1 N–H and O–H groups in total. The van der Waals surface area contributed by atoms with E-state index < -0.39 is 0 Å². The van der Waals surface area contributed by atoms with E-state index in [9.17, 15) is 9.59 Å². The van der Waals surface area contributed by atoms with E-state index in [1.165, 1.54) is 6.07 Å². The van der Waals surface area contributed by atoms with Gasteiger partial charge in [-0.3, -0.25) is 9.59 Å². The number of nitrogens with zero attached hydrogens (tertiary/aromatic N) is 3. The van der Waals surface area contributed by atoms with Crippen LogP contribution in [0.4, 0.5) is 0 Å². The van der Waals surface area contributed by atoms with Crippen LogP contribution in [-0.4, -0.2) is 86.4 Å². The van der Waals surface area contributed by atoms with Crippen molar-refractivity contribution in [2.24, 2.45) is 5.92 Å². The number of fused-ring (bicyclic) bond motifs is 1. The Morgan fingerprint density at radius 2 is 2.00 bits per heavy atom. The number of aromatic nitrogens is 1. The lowest BCUT2D eigenvalue weighted by Crippen LogP contribution is -2.45. The van der Waals surface area contributed by atoms with Crippen LogP contribution in [-0.2, 0) is 17.7 Å². The van der Waals surface area contributed by atoms with Crippen molar-refractivity contribution in [3.8, 4) is 5.75 Å². The monoisotopic (exact) mass is 418 g/mol. The van der Waals surface area contributed by atoms with E-state index in [1.807, 2.05) is 0 Å². The predicted molar refractivity (Wildman–Crippen MR) is 114 cm³/mol. The largest absolute Gasteiger partial charge is 0.492 e. The minimum atomic E-state index is -0.148. The SMILES string of the molecule is CN1CCN(CCCNC(=O)c2c(OCC3CC3)cc(=O)n3c2CCOCC3)CC1. The van der Waals surface area contributed by atoms with E-state index in [4.69, 9.17) is 9.47 Å². The maximum Gasteiger partial charge on any atom is 0.256 e. The number of ether oxygens (including phenoxy) is 2. The maximum atomic E-state index is 13.1. The van der Waals surface area contributed by atoms with Crippen LogP contribution in [0, 0.1) is 5.92 Å². The van der Waals surface area contributed by atoms with Gasteiger partial charge in [0.05, 0.1) is 19.8 Å². The summed E-state index contributed by atoms with van der Waals surface area (Å²) in [5, 5.41) is 3.07. The summed E-state index contributed by atoms with van der Waals surface area (Å²) in [4.78, 5) is 30.6. The second-order valence-electron chi connectivity index (χ2n) is 8.69. The molecule has 0 spiro atoms. The first-order valence-electron chi connectivity index (χ1n) is 11.3.